The van der Waals surface area contributed by atoms with Gasteiger partial charge in [-0.1, -0.05) is 12.1 Å². The summed E-state index contributed by atoms with van der Waals surface area (Å²) in [6.45, 7) is 2.97. The van der Waals surface area contributed by atoms with Crippen LogP contribution in [0.15, 0.2) is 36.7 Å². The zero-order valence-electron chi connectivity index (χ0n) is 13.8. The van der Waals surface area contributed by atoms with Gasteiger partial charge < -0.3 is 4.74 Å². The first-order valence-corrected chi connectivity index (χ1v) is 9.79. The fraction of sp³-hybridized carbons (Fsp3) is 0.412. The van der Waals surface area contributed by atoms with E-state index < -0.39 is 10.0 Å². The molecule has 2 aromatic rings. The van der Waals surface area contributed by atoms with Gasteiger partial charge in [0.1, 0.15) is 11.4 Å². The molecule has 0 amide bonds. The molecule has 0 spiro atoms. The van der Waals surface area contributed by atoms with Gasteiger partial charge in [-0.05, 0) is 37.5 Å². The molecule has 0 N–H and O–H groups in total. The Morgan fingerprint density at radius 2 is 2.04 bits per heavy atom. The van der Waals surface area contributed by atoms with E-state index in [0.717, 1.165) is 18.4 Å². The Morgan fingerprint density at radius 1 is 1.25 bits per heavy atom. The summed E-state index contributed by atoms with van der Waals surface area (Å²) in [6.07, 6.45) is 6.13. The van der Waals surface area contributed by atoms with Gasteiger partial charge >= 0.3 is 0 Å². The van der Waals surface area contributed by atoms with Crippen LogP contribution in [0.4, 0.5) is 0 Å². The topological polar surface area (TPSA) is 72.4 Å². The first-order valence-electron chi connectivity index (χ1n) is 7.94. The van der Waals surface area contributed by atoms with Crippen LogP contribution in [0.2, 0.25) is 0 Å². The van der Waals surface area contributed by atoms with Crippen LogP contribution in [0.5, 0.6) is 11.6 Å². The van der Waals surface area contributed by atoms with Crippen molar-refractivity contribution in [2.45, 2.75) is 25.7 Å². The summed E-state index contributed by atoms with van der Waals surface area (Å²) in [4.78, 5) is 8.74. The van der Waals surface area contributed by atoms with Crippen molar-refractivity contribution in [3.8, 4) is 11.6 Å². The minimum Gasteiger partial charge on any atom is -0.437 e. The number of hydrogen-bond donors (Lipinski definition) is 0. The van der Waals surface area contributed by atoms with E-state index in [1.54, 1.807) is 12.4 Å². The Balaban J connectivity index is 1.86. The van der Waals surface area contributed by atoms with Gasteiger partial charge in [-0.3, -0.25) is 4.98 Å². The van der Waals surface area contributed by atoms with Crippen molar-refractivity contribution < 1.29 is 13.2 Å². The standard InChI is InChI=1S/C17H21N3O3S/c1-13-5-3-7-15(11-13)23-17-16(18-8-9-19-17)14-6-4-10-20(12-14)24(2,21)22/h3,5,7-9,11,14H,4,6,10,12H2,1-2H3/t14-/m1/s1. The molecule has 2 heterocycles. The molecule has 1 saturated heterocycles. The summed E-state index contributed by atoms with van der Waals surface area (Å²) in [7, 11) is -3.20. The van der Waals surface area contributed by atoms with Gasteiger partial charge in [-0.25, -0.2) is 17.7 Å². The molecule has 1 aromatic carbocycles. The van der Waals surface area contributed by atoms with Crippen molar-refractivity contribution in [3.05, 3.63) is 47.9 Å². The zero-order valence-corrected chi connectivity index (χ0v) is 14.7. The molecule has 6 nitrogen and oxygen atoms in total. The van der Waals surface area contributed by atoms with Crippen LogP contribution in [0.3, 0.4) is 0 Å². The van der Waals surface area contributed by atoms with Crippen LogP contribution in [-0.2, 0) is 10.0 Å². The van der Waals surface area contributed by atoms with Crippen LogP contribution in [0, 0.1) is 6.92 Å². The van der Waals surface area contributed by atoms with E-state index in [2.05, 4.69) is 9.97 Å². The Bertz CT molecular complexity index is 823. The van der Waals surface area contributed by atoms with Crippen LogP contribution in [-0.4, -0.2) is 42.0 Å². The summed E-state index contributed by atoms with van der Waals surface area (Å²) < 4.78 is 31.1. The Morgan fingerprint density at radius 3 is 2.79 bits per heavy atom. The van der Waals surface area contributed by atoms with Crippen LogP contribution in [0.25, 0.3) is 0 Å². The van der Waals surface area contributed by atoms with E-state index in [-0.39, 0.29) is 5.92 Å². The molecule has 1 aliphatic rings. The van der Waals surface area contributed by atoms with E-state index >= 15 is 0 Å². The summed E-state index contributed by atoms with van der Waals surface area (Å²) in [5, 5.41) is 0. The highest BCUT2D eigenvalue weighted by atomic mass is 32.2. The molecular weight excluding hydrogens is 326 g/mol. The highest BCUT2D eigenvalue weighted by Gasteiger charge is 2.30. The summed E-state index contributed by atoms with van der Waals surface area (Å²) in [6, 6.07) is 7.72. The van der Waals surface area contributed by atoms with Crippen molar-refractivity contribution in [2.75, 3.05) is 19.3 Å². The summed E-state index contributed by atoms with van der Waals surface area (Å²) in [5.74, 6) is 1.14. The number of benzene rings is 1. The largest absolute Gasteiger partial charge is 0.437 e. The maximum atomic E-state index is 11.8. The molecule has 0 radical (unpaired) electrons. The number of aryl methyl sites for hydroxylation is 1. The van der Waals surface area contributed by atoms with E-state index in [4.69, 9.17) is 4.74 Å². The number of nitrogens with zero attached hydrogens (tertiary/aromatic N) is 3. The van der Waals surface area contributed by atoms with Crippen molar-refractivity contribution in [1.82, 2.24) is 14.3 Å². The fourth-order valence-electron chi connectivity index (χ4n) is 2.95. The molecule has 0 unspecified atom stereocenters. The number of hydrogen-bond acceptors (Lipinski definition) is 5. The molecule has 1 fully saturated rings. The average Bonchev–Trinajstić information content (AvgIpc) is 2.55. The number of rotatable bonds is 4. The van der Waals surface area contributed by atoms with Crippen molar-refractivity contribution in [2.24, 2.45) is 0 Å². The van der Waals surface area contributed by atoms with Gasteiger partial charge in [0.15, 0.2) is 0 Å². The third kappa shape index (κ3) is 3.91. The van der Waals surface area contributed by atoms with Gasteiger partial charge in [0.25, 0.3) is 0 Å². The maximum absolute atomic E-state index is 11.8. The van der Waals surface area contributed by atoms with Gasteiger partial charge in [0.05, 0.1) is 6.26 Å². The lowest BCUT2D eigenvalue weighted by Gasteiger charge is -2.30. The van der Waals surface area contributed by atoms with Gasteiger partial charge in [-0.15, -0.1) is 0 Å². The summed E-state index contributed by atoms with van der Waals surface area (Å²) in [5.41, 5.74) is 1.81. The van der Waals surface area contributed by atoms with Gasteiger partial charge in [0, 0.05) is 31.4 Å². The lowest BCUT2D eigenvalue weighted by atomic mass is 9.96. The molecule has 1 atom stereocenters. The maximum Gasteiger partial charge on any atom is 0.241 e. The molecule has 7 heteroatoms. The SMILES string of the molecule is Cc1cccc(Oc2nccnc2[C@@H]2CCCN(S(C)(=O)=O)C2)c1. The minimum atomic E-state index is -3.20. The predicted molar refractivity (Wildman–Crippen MR) is 91.7 cm³/mol. The highest BCUT2D eigenvalue weighted by molar-refractivity contribution is 7.88. The summed E-state index contributed by atoms with van der Waals surface area (Å²) >= 11 is 0. The Labute approximate surface area is 142 Å². The number of piperidine rings is 1. The Hall–Kier alpha value is -1.99. The lowest BCUT2D eigenvalue weighted by molar-refractivity contribution is 0.308. The van der Waals surface area contributed by atoms with Crippen molar-refractivity contribution in [1.29, 1.82) is 0 Å². The van der Waals surface area contributed by atoms with E-state index in [1.165, 1.54) is 10.6 Å². The van der Waals surface area contributed by atoms with Crippen molar-refractivity contribution >= 4 is 10.0 Å². The second-order valence-electron chi connectivity index (χ2n) is 6.13. The van der Waals surface area contributed by atoms with E-state index in [1.807, 2.05) is 31.2 Å². The molecule has 3 rings (SSSR count). The molecular formula is C17H21N3O3S. The quantitative estimate of drug-likeness (QED) is 0.850. The third-order valence-electron chi connectivity index (χ3n) is 4.14. The molecule has 1 aliphatic heterocycles. The fourth-order valence-corrected chi connectivity index (χ4v) is 3.86. The average molecular weight is 347 g/mol. The van der Waals surface area contributed by atoms with Crippen LogP contribution >= 0.6 is 0 Å². The van der Waals surface area contributed by atoms with E-state index in [9.17, 15) is 8.42 Å². The van der Waals surface area contributed by atoms with E-state index in [0.29, 0.717) is 30.4 Å². The molecule has 1 aromatic heterocycles. The zero-order chi connectivity index (χ0) is 17.2. The highest BCUT2D eigenvalue weighted by Crippen LogP contribution is 2.33. The minimum absolute atomic E-state index is 0.0121. The smallest absolute Gasteiger partial charge is 0.241 e. The molecule has 0 bridgehead atoms. The molecule has 0 aliphatic carbocycles. The molecule has 24 heavy (non-hydrogen) atoms. The first-order chi connectivity index (χ1) is 11.4. The second kappa shape index (κ2) is 6.86. The second-order valence-corrected chi connectivity index (χ2v) is 8.11. The normalized spacial score (nSPS) is 19.2. The van der Waals surface area contributed by atoms with Gasteiger partial charge in [0.2, 0.25) is 15.9 Å². The molecule has 128 valence electrons. The third-order valence-corrected chi connectivity index (χ3v) is 5.40. The van der Waals surface area contributed by atoms with Crippen LogP contribution < -0.4 is 4.74 Å². The molecule has 0 saturated carbocycles. The van der Waals surface area contributed by atoms with Gasteiger partial charge in [-0.2, -0.15) is 0 Å². The number of ether oxygens (including phenoxy) is 1. The first kappa shape index (κ1) is 16.9. The Kier molecular flexibility index (Phi) is 4.82. The lowest BCUT2D eigenvalue weighted by Crippen LogP contribution is -2.38. The van der Waals surface area contributed by atoms with Crippen LogP contribution in [0.1, 0.15) is 30.0 Å². The number of aromatic nitrogens is 2. The number of sulfonamides is 1. The predicted octanol–water partition coefficient (Wildman–Crippen LogP) is 2.72. The van der Waals surface area contributed by atoms with Crippen molar-refractivity contribution in [3.63, 3.8) is 0 Å². The monoisotopic (exact) mass is 347 g/mol.